The molecule has 0 heterocycles. The number of rotatable bonds is 4. The molecule has 0 aliphatic heterocycles. The van der Waals surface area contributed by atoms with Crippen molar-refractivity contribution >= 4 is 0 Å². The zero-order valence-electron chi connectivity index (χ0n) is 8.01. The summed E-state index contributed by atoms with van der Waals surface area (Å²) in [5, 5.41) is 0. The van der Waals surface area contributed by atoms with E-state index in [0.29, 0.717) is 6.10 Å². The Labute approximate surface area is 74.6 Å². The Bertz CT molecular complexity index is 152. The molecule has 0 spiro atoms. The van der Waals surface area contributed by atoms with E-state index in [-0.39, 0.29) is 0 Å². The van der Waals surface area contributed by atoms with Crippen LogP contribution in [0.5, 0.6) is 0 Å². The molecule has 1 unspecified atom stereocenters. The van der Waals surface area contributed by atoms with Crippen molar-refractivity contribution in [1.29, 1.82) is 0 Å². The Morgan fingerprint density at radius 1 is 1.58 bits per heavy atom. The maximum atomic E-state index is 5.55. The van der Waals surface area contributed by atoms with Crippen LogP contribution in [-0.4, -0.2) is 19.8 Å². The van der Waals surface area contributed by atoms with Gasteiger partial charge in [0.05, 0.1) is 18.5 Å². The van der Waals surface area contributed by atoms with Gasteiger partial charge in [-0.15, -0.1) is 0 Å². The van der Waals surface area contributed by atoms with Crippen LogP contribution >= 0.6 is 0 Å². The highest BCUT2D eigenvalue weighted by molar-refractivity contribution is 5.00. The molecule has 0 aromatic carbocycles. The SMILES string of the molecule is CCCOC1=CCCC(OC)C1. The highest BCUT2D eigenvalue weighted by Gasteiger charge is 2.14. The van der Waals surface area contributed by atoms with E-state index in [1.54, 1.807) is 7.11 Å². The minimum Gasteiger partial charge on any atom is -0.498 e. The summed E-state index contributed by atoms with van der Waals surface area (Å²) in [6.07, 6.45) is 6.82. The molecule has 2 heteroatoms. The average molecular weight is 170 g/mol. The van der Waals surface area contributed by atoms with Crippen LogP contribution in [0.4, 0.5) is 0 Å². The molecule has 0 bridgehead atoms. The highest BCUT2D eigenvalue weighted by Crippen LogP contribution is 2.21. The number of ether oxygens (including phenoxy) is 2. The third-order valence-electron chi connectivity index (χ3n) is 2.11. The fourth-order valence-corrected chi connectivity index (χ4v) is 1.39. The second kappa shape index (κ2) is 5.20. The average Bonchev–Trinajstić information content (AvgIpc) is 2.15. The van der Waals surface area contributed by atoms with Crippen molar-refractivity contribution in [2.45, 2.75) is 38.7 Å². The van der Waals surface area contributed by atoms with E-state index in [1.165, 1.54) is 0 Å². The number of hydrogen-bond donors (Lipinski definition) is 0. The first-order chi connectivity index (χ1) is 5.86. The quantitative estimate of drug-likeness (QED) is 0.645. The first-order valence-corrected chi connectivity index (χ1v) is 4.71. The van der Waals surface area contributed by atoms with E-state index in [4.69, 9.17) is 9.47 Å². The van der Waals surface area contributed by atoms with Gasteiger partial charge in [-0.2, -0.15) is 0 Å². The summed E-state index contributed by atoms with van der Waals surface area (Å²) in [5.74, 6) is 1.12. The fraction of sp³-hybridized carbons (Fsp3) is 0.800. The molecular formula is C10H18O2. The predicted octanol–water partition coefficient (Wildman–Crippen LogP) is 2.50. The zero-order valence-corrected chi connectivity index (χ0v) is 8.01. The molecule has 0 radical (unpaired) electrons. The normalized spacial score (nSPS) is 23.5. The Morgan fingerprint density at radius 3 is 3.08 bits per heavy atom. The van der Waals surface area contributed by atoms with Crippen LogP contribution in [0.15, 0.2) is 11.8 Å². The van der Waals surface area contributed by atoms with Crippen molar-refractivity contribution in [2.75, 3.05) is 13.7 Å². The Kier molecular flexibility index (Phi) is 4.15. The van der Waals surface area contributed by atoms with E-state index < -0.39 is 0 Å². The summed E-state index contributed by atoms with van der Waals surface area (Å²) >= 11 is 0. The topological polar surface area (TPSA) is 18.5 Å². The molecule has 12 heavy (non-hydrogen) atoms. The molecule has 2 nitrogen and oxygen atoms in total. The third kappa shape index (κ3) is 2.86. The minimum absolute atomic E-state index is 0.377. The zero-order chi connectivity index (χ0) is 8.81. The molecule has 1 aliphatic carbocycles. The van der Waals surface area contributed by atoms with Gasteiger partial charge in [-0.25, -0.2) is 0 Å². The molecule has 1 aliphatic rings. The predicted molar refractivity (Wildman–Crippen MR) is 49.0 cm³/mol. The van der Waals surface area contributed by atoms with Gasteiger partial charge < -0.3 is 9.47 Å². The Balaban J connectivity index is 2.28. The first kappa shape index (κ1) is 9.59. The highest BCUT2D eigenvalue weighted by atomic mass is 16.5. The number of allylic oxidation sites excluding steroid dienone is 1. The van der Waals surface area contributed by atoms with E-state index in [2.05, 4.69) is 13.0 Å². The van der Waals surface area contributed by atoms with Crippen molar-refractivity contribution in [3.8, 4) is 0 Å². The maximum absolute atomic E-state index is 5.55. The van der Waals surface area contributed by atoms with Gasteiger partial charge in [-0.1, -0.05) is 6.92 Å². The van der Waals surface area contributed by atoms with E-state index in [0.717, 1.165) is 38.0 Å². The van der Waals surface area contributed by atoms with Gasteiger partial charge >= 0.3 is 0 Å². The molecule has 0 fully saturated rings. The molecule has 0 N–H and O–H groups in total. The van der Waals surface area contributed by atoms with Crippen LogP contribution in [0.3, 0.4) is 0 Å². The first-order valence-electron chi connectivity index (χ1n) is 4.71. The molecule has 0 saturated carbocycles. The van der Waals surface area contributed by atoms with Crippen molar-refractivity contribution in [3.05, 3.63) is 11.8 Å². The lowest BCUT2D eigenvalue weighted by atomic mass is 10.0. The second-order valence-electron chi connectivity index (χ2n) is 3.16. The van der Waals surface area contributed by atoms with Crippen LogP contribution in [0, 0.1) is 0 Å². The van der Waals surface area contributed by atoms with E-state index >= 15 is 0 Å². The van der Waals surface area contributed by atoms with Crippen LogP contribution in [0.2, 0.25) is 0 Å². The van der Waals surface area contributed by atoms with Gasteiger partial charge in [0.2, 0.25) is 0 Å². The van der Waals surface area contributed by atoms with Crippen molar-refractivity contribution in [2.24, 2.45) is 0 Å². The molecule has 1 atom stereocenters. The number of hydrogen-bond acceptors (Lipinski definition) is 2. The summed E-state index contributed by atoms with van der Waals surface area (Å²) in [4.78, 5) is 0. The van der Waals surface area contributed by atoms with Crippen LogP contribution in [0.1, 0.15) is 32.6 Å². The lowest BCUT2D eigenvalue weighted by Gasteiger charge is -2.21. The van der Waals surface area contributed by atoms with Crippen molar-refractivity contribution in [3.63, 3.8) is 0 Å². The van der Waals surface area contributed by atoms with Gasteiger partial charge in [-0.05, 0) is 25.3 Å². The molecule has 0 amide bonds. The molecule has 0 aromatic heterocycles. The summed E-state index contributed by atoms with van der Waals surface area (Å²) in [6.45, 7) is 2.96. The minimum atomic E-state index is 0.377. The van der Waals surface area contributed by atoms with Crippen molar-refractivity contribution < 1.29 is 9.47 Å². The van der Waals surface area contributed by atoms with Gasteiger partial charge in [0.15, 0.2) is 0 Å². The Hall–Kier alpha value is -0.500. The molecule has 0 saturated heterocycles. The largest absolute Gasteiger partial charge is 0.498 e. The van der Waals surface area contributed by atoms with E-state index in [1.807, 2.05) is 0 Å². The van der Waals surface area contributed by atoms with E-state index in [9.17, 15) is 0 Å². The molecular weight excluding hydrogens is 152 g/mol. The molecule has 0 aromatic rings. The maximum Gasteiger partial charge on any atom is 0.0945 e. The van der Waals surface area contributed by atoms with Crippen LogP contribution in [0.25, 0.3) is 0 Å². The smallest absolute Gasteiger partial charge is 0.0945 e. The fourth-order valence-electron chi connectivity index (χ4n) is 1.39. The summed E-state index contributed by atoms with van der Waals surface area (Å²) in [5.41, 5.74) is 0. The Morgan fingerprint density at radius 2 is 2.42 bits per heavy atom. The van der Waals surface area contributed by atoms with Gasteiger partial charge in [-0.3, -0.25) is 0 Å². The monoisotopic (exact) mass is 170 g/mol. The molecule has 1 rings (SSSR count). The summed E-state index contributed by atoms with van der Waals surface area (Å²) in [6, 6.07) is 0. The number of methoxy groups -OCH3 is 1. The van der Waals surface area contributed by atoms with Gasteiger partial charge in [0.25, 0.3) is 0 Å². The molecule has 70 valence electrons. The summed E-state index contributed by atoms with van der Waals surface area (Å²) < 4.78 is 10.8. The third-order valence-corrected chi connectivity index (χ3v) is 2.11. The van der Waals surface area contributed by atoms with Crippen molar-refractivity contribution in [1.82, 2.24) is 0 Å². The lowest BCUT2D eigenvalue weighted by Crippen LogP contribution is -2.16. The standard InChI is InChI=1S/C10H18O2/c1-3-7-12-10-6-4-5-9(8-10)11-2/h6,9H,3-5,7-8H2,1-2H3. The second-order valence-corrected chi connectivity index (χ2v) is 3.16. The van der Waals surface area contributed by atoms with Crippen LogP contribution in [-0.2, 0) is 9.47 Å². The van der Waals surface area contributed by atoms with Gasteiger partial charge in [0.1, 0.15) is 0 Å². The summed E-state index contributed by atoms with van der Waals surface area (Å²) in [7, 11) is 1.77. The van der Waals surface area contributed by atoms with Crippen LogP contribution < -0.4 is 0 Å². The lowest BCUT2D eigenvalue weighted by molar-refractivity contribution is 0.0686. The van der Waals surface area contributed by atoms with Gasteiger partial charge in [0, 0.05) is 13.5 Å².